The summed E-state index contributed by atoms with van der Waals surface area (Å²) in [5.74, 6) is -2.01. The van der Waals surface area contributed by atoms with Gasteiger partial charge in [-0.15, -0.1) is 0 Å². The Bertz CT molecular complexity index is 2510. The molecule has 5 saturated heterocycles. The van der Waals surface area contributed by atoms with Gasteiger partial charge in [-0.1, -0.05) is 25.5 Å². The summed E-state index contributed by atoms with van der Waals surface area (Å²) in [6.45, 7) is 11.7. The number of carbonyl (C=O) groups excluding carboxylic acids is 2. The zero-order valence-electron chi connectivity index (χ0n) is 49.3. The van der Waals surface area contributed by atoms with Gasteiger partial charge >= 0.3 is 10.4 Å². The van der Waals surface area contributed by atoms with Crippen LogP contribution in [0.1, 0.15) is 113 Å². The zero-order valence-corrected chi connectivity index (χ0v) is 50.2. The number of Topliss-reactive ketones (excluding diaryl/α,β-unsaturated/α-hetero) is 2. The SMILES string of the molecule is CC(=O)CC(=O)C[C@@](C)(O)[C@H]1CC[C@H]2[C@@H]3C[C@H](O[C@@H]4O[C@H](CO)[C@@H](O)[C@H](O[C@@H]5O[C@H](C)[C@@H](O[C@@H]6O[C@H](C)[C@H](O)[C@H](O)[C@H]6O[C@@H]6O[C@H](C)[C@H](O)[C@H](O)[C@H]6O)[C@H](O)[C@H]5O[C@@H]5O[C@H](C)[C@@H](O)[C@H](O)[C@H]5O)[C@H]4O)[C@H]4C[C@@H](OS(=O)(=O)O)CC[C@]4(C)C3=CC[C@@]21C. The molecule has 0 spiro atoms. The molecule has 3 saturated carbocycles. The molecule has 5 aliphatic heterocycles. The third-order valence-electron chi connectivity index (χ3n) is 20.4. The summed E-state index contributed by atoms with van der Waals surface area (Å²) in [5.41, 5.74) is -1.69. The number of ketones is 2. The molecule has 494 valence electrons. The van der Waals surface area contributed by atoms with Crippen LogP contribution in [-0.2, 0) is 71.5 Å². The Morgan fingerprint density at radius 1 is 0.605 bits per heavy atom. The van der Waals surface area contributed by atoms with Crippen molar-refractivity contribution in [3.8, 4) is 0 Å². The first-order valence-electron chi connectivity index (χ1n) is 29.8. The fraction of sp³-hybridized carbons (Fsp3) is 0.929. The van der Waals surface area contributed by atoms with Crippen LogP contribution in [0.4, 0.5) is 0 Å². The van der Waals surface area contributed by atoms with Crippen molar-refractivity contribution in [2.24, 2.45) is 34.5 Å². The van der Waals surface area contributed by atoms with Crippen LogP contribution in [0.15, 0.2) is 11.6 Å². The van der Waals surface area contributed by atoms with Crippen molar-refractivity contribution < 1.29 is 140 Å². The number of carbonyl (C=O) groups is 2. The Morgan fingerprint density at radius 3 is 1.67 bits per heavy atom. The minimum absolute atomic E-state index is 0.0325. The maximum atomic E-state index is 13.0. The van der Waals surface area contributed by atoms with Gasteiger partial charge in [-0.2, -0.15) is 8.42 Å². The van der Waals surface area contributed by atoms with Gasteiger partial charge in [0.2, 0.25) is 0 Å². The number of allylic oxidation sites excluding steroid dienone is 2. The maximum absolute atomic E-state index is 13.0. The highest BCUT2D eigenvalue weighted by Gasteiger charge is 2.64. The van der Waals surface area contributed by atoms with E-state index < -0.39 is 205 Å². The van der Waals surface area contributed by atoms with E-state index in [1.54, 1.807) is 6.92 Å². The fourth-order valence-electron chi connectivity index (χ4n) is 15.9. The van der Waals surface area contributed by atoms with Crippen molar-refractivity contribution >= 4 is 22.0 Å². The number of hydrogen-bond acceptors (Lipinski definition) is 28. The Kier molecular flexibility index (Phi) is 20.8. The van der Waals surface area contributed by atoms with E-state index in [4.69, 9.17) is 51.6 Å². The van der Waals surface area contributed by atoms with Crippen molar-refractivity contribution in [1.29, 1.82) is 0 Å². The first kappa shape index (κ1) is 68.4. The quantitative estimate of drug-likeness (QED) is 0.0362. The molecule has 0 amide bonds. The normalized spacial score (nSPS) is 51.6. The van der Waals surface area contributed by atoms with Crippen LogP contribution < -0.4 is 0 Å². The van der Waals surface area contributed by atoms with Crippen LogP contribution in [-0.4, -0.2) is 269 Å². The molecule has 0 radical (unpaired) electrons. The van der Waals surface area contributed by atoms with Crippen molar-refractivity contribution in [1.82, 2.24) is 0 Å². The molecule has 0 aromatic heterocycles. The summed E-state index contributed by atoms with van der Waals surface area (Å²) >= 11 is 0. The average molecular weight is 1260 g/mol. The lowest BCUT2D eigenvalue weighted by molar-refractivity contribution is -0.406. The van der Waals surface area contributed by atoms with E-state index in [2.05, 4.69) is 13.0 Å². The van der Waals surface area contributed by atoms with Gasteiger partial charge < -0.3 is 114 Å². The molecule has 30 heteroatoms. The lowest BCUT2D eigenvalue weighted by Crippen LogP contribution is -2.68. The fourth-order valence-corrected chi connectivity index (χ4v) is 16.4. The molecule has 9 aliphatic rings. The highest BCUT2D eigenvalue weighted by Crippen LogP contribution is 2.67. The second-order valence-electron chi connectivity index (χ2n) is 26.4. The molecule has 9 rings (SSSR count). The minimum atomic E-state index is -4.93. The number of ether oxygens (including phenoxy) is 10. The molecule has 0 bridgehead atoms. The van der Waals surface area contributed by atoms with Crippen LogP contribution in [0.2, 0.25) is 0 Å². The van der Waals surface area contributed by atoms with E-state index in [0.717, 1.165) is 5.57 Å². The van der Waals surface area contributed by atoms with Gasteiger partial charge in [0, 0.05) is 6.42 Å². The maximum Gasteiger partial charge on any atom is 0.397 e. The Labute approximate surface area is 498 Å². The minimum Gasteiger partial charge on any atom is -0.394 e. The molecular weight excluding hydrogens is 1170 g/mol. The molecule has 0 unspecified atom stereocenters. The first-order valence-corrected chi connectivity index (χ1v) is 31.2. The van der Waals surface area contributed by atoms with Crippen molar-refractivity contribution in [3.63, 3.8) is 0 Å². The Morgan fingerprint density at radius 2 is 1.12 bits per heavy atom. The van der Waals surface area contributed by atoms with Crippen LogP contribution >= 0.6 is 0 Å². The highest BCUT2D eigenvalue weighted by molar-refractivity contribution is 7.80. The molecule has 0 aromatic rings. The van der Waals surface area contributed by atoms with Gasteiger partial charge in [0.15, 0.2) is 31.5 Å². The largest absolute Gasteiger partial charge is 0.397 e. The molecule has 4 aliphatic carbocycles. The summed E-state index contributed by atoms with van der Waals surface area (Å²) in [6.07, 6.45) is -40.5. The van der Waals surface area contributed by atoms with E-state index in [-0.39, 0.29) is 61.4 Å². The van der Waals surface area contributed by atoms with Crippen molar-refractivity contribution in [2.75, 3.05) is 6.61 Å². The van der Waals surface area contributed by atoms with Crippen molar-refractivity contribution in [3.05, 3.63) is 11.6 Å². The number of aliphatic hydroxyl groups is 13. The summed E-state index contributed by atoms with van der Waals surface area (Å²) in [6, 6.07) is 0. The van der Waals surface area contributed by atoms with Gasteiger partial charge in [0.25, 0.3) is 0 Å². The van der Waals surface area contributed by atoms with Gasteiger partial charge in [-0.05, 0) is 121 Å². The van der Waals surface area contributed by atoms with Gasteiger partial charge in [-0.25, -0.2) is 4.18 Å². The smallest absolute Gasteiger partial charge is 0.394 e. The van der Waals surface area contributed by atoms with Gasteiger partial charge in [0.05, 0.1) is 55.3 Å². The molecule has 86 heavy (non-hydrogen) atoms. The molecule has 29 nitrogen and oxygen atoms in total. The second-order valence-corrected chi connectivity index (χ2v) is 27.4. The Hall–Kier alpha value is -1.97. The summed E-state index contributed by atoms with van der Waals surface area (Å²) < 4.78 is 101. The van der Waals surface area contributed by atoms with Crippen molar-refractivity contribution in [2.45, 2.75) is 285 Å². The van der Waals surface area contributed by atoms with Crippen LogP contribution in [0, 0.1) is 34.5 Å². The number of rotatable bonds is 18. The lowest BCUT2D eigenvalue weighted by atomic mass is 9.47. The van der Waals surface area contributed by atoms with E-state index in [1.807, 2.05) is 6.92 Å². The van der Waals surface area contributed by atoms with E-state index in [1.165, 1.54) is 34.6 Å². The van der Waals surface area contributed by atoms with Crippen LogP contribution in [0.25, 0.3) is 0 Å². The van der Waals surface area contributed by atoms with Gasteiger partial charge in [-0.3, -0.25) is 14.1 Å². The third kappa shape index (κ3) is 13.3. The molecule has 8 fully saturated rings. The second kappa shape index (κ2) is 26.2. The number of fused-ring (bicyclic) bond motifs is 5. The Balaban J connectivity index is 1.00. The zero-order chi connectivity index (χ0) is 63.2. The van der Waals surface area contributed by atoms with Crippen LogP contribution in [0.5, 0.6) is 0 Å². The van der Waals surface area contributed by atoms with E-state index >= 15 is 0 Å². The average Bonchev–Trinajstić information content (AvgIpc) is 1.31. The lowest BCUT2D eigenvalue weighted by Gasteiger charge is -2.60. The van der Waals surface area contributed by atoms with Gasteiger partial charge in [0.1, 0.15) is 109 Å². The first-order chi connectivity index (χ1) is 40.1. The topological polar surface area (TPSA) is 453 Å². The molecule has 34 atom stereocenters. The molecular formula is C56H90O29S. The standard InChI is InChI=1S/C56H90O29S/c1-20(58)15-25(59)18-56(8,71)33-10-9-28-27-17-31(30-16-26(85-86(72,73)74)11-13-54(30,6)29(27)12-14-55(28,33)7)79-51-44(70)46(37(63)32(19-57)80-51)82-53-48(84-50-42(68)39(65)35(61)22(3)76-50)43(69)45(24(5)78-53)81-52-47(40(66)36(62)23(4)77-52)83-49-41(67)38(64)34(60)21(2)75-49/h12,21-24,26-28,30-53,57,60-71H,9-11,13-19H2,1-8H3,(H,72,73,74)/t21-,22-,23-,24-,26+,27+,28+,30-,31+,32-,33+,34+,35-,36+,37-,38+,39+,40+,41-,42-,43+,44-,45-,46+,47-,48-,49+,50+,51-,52+,53+,54-,55+,56-/m1/s1. The molecule has 14 N–H and O–H groups in total. The summed E-state index contributed by atoms with van der Waals surface area (Å²) in [5, 5.41) is 146. The monoisotopic (exact) mass is 1260 g/mol. The van der Waals surface area contributed by atoms with Crippen LogP contribution in [0.3, 0.4) is 0 Å². The highest BCUT2D eigenvalue weighted by atomic mass is 32.3. The summed E-state index contributed by atoms with van der Waals surface area (Å²) in [7, 11) is -4.93. The number of hydrogen-bond donors (Lipinski definition) is 14. The predicted molar refractivity (Wildman–Crippen MR) is 286 cm³/mol. The van der Waals surface area contributed by atoms with E-state index in [9.17, 15) is 88.9 Å². The number of aliphatic hydroxyl groups excluding tert-OH is 12. The third-order valence-corrected chi connectivity index (χ3v) is 20.9. The summed E-state index contributed by atoms with van der Waals surface area (Å²) in [4.78, 5) is 24.9. The molecule has 0 aromatic carbocycles. The van der Waals surface area contributed by atoms with E-state index in [0.29, 0.717) is 25.7 Å². The predicted octanol–water partition coefficient (Wildman–Crippen LogP) is -3.36. The molecule has 5 heterocycles.